The van der Waals surface area contributed by atoms with Crippen molar-refractivity contribution < 1.29 is 28.6 Å². The van der Waals surface area contributed by atoms with Crippen molar-refractivity contribution in [1.82, 2.24) is 10.4 Å². The molecule has 3 rings (SSSR count). The van der Waals surface area contributed by atoms with E-state index in [-0.39, 0.29) is 23.6 Å². The molecule has 0 atom stereocenters. The van der Waals surface area contributed by atoms with Crippen molar-refractivity contribution in [2.45, 2.75) is 13.5 Å². The lowest BCUT2D eigenvalue weighted by atomic mass is 10.1. The van der Waals surface area contributed by atoms with E-state index in [1.165, 1.54) is 19.4 Å². The first-order valence-corrected chi connectivity index (χ1v) is 9.69. The number of carbonyl (C=O) groups is 2. The van der Waals surface area contributed by atoms with E-state index >= 15 is 0 Å². The number of hydrogen-bond donors (Lipinski definition) is 2. The number of furan rings is 1. The van der Waals surface area contributed by atoms with Crippen LogP contribution in [0.1, 0.15) is 32.9 Å². The number of nitrogens with zero attached hydrogens (tertiary/aromatic N) is 3. The summed E-state index contributed by atoms with van der Waals surface area (Å²) in [6.07, 6.45) is 1.27. The van der Waals surface area contributed by atoms with Crippen LogP contribution in [0.25, 0.3) is 11.3 Å². The fourth-order valence-electron chi connectivity index (χ4n) is 2.99. The van der Waals surface area contributed by atoms with Crippen molar-refractivity contribution in [2.75, 3.05) is 13.7 Å². The van der Waals surface area contributed by atoms with E-state index in [1.54, 1.807) is 43.3 Å². The molecular formula is C23H20N4O6. The number of amides is 1. The zero-order valence-electron chi connectivity index (χ0n) is 17.9. The maximum atomic E-state index is 12.1. The van der Waals surface area contributed by atoms with E-state index in [1.807, 2.05) is 6.07 Å². The molecule has 0 bridgehead atoms. The highest BCUT2D eigenvalue weighted by Crippen LogP contribution is 2.25. The molecule has 0 unspecified atom stereocenters. The predicted molar refractivity (Wildman–Crippen MR) is 117 cm³/mol. The number of rotatable bonds is 9. The summed E-state index contributed by atoms with van der Waals surface area (Å²) in [6, 6.07) is 13.4. The molecule has 10 heteroatoms. The first-order chi connectivity index (χ1) is 15.9. The number of carbonyl (C=O) groups excluding carboxylic acids is 1. The third-order valence-electron chi connectivity index (χ3n) is 4.38. The molecule has 0 saturated heterocycles. The Morgan fingerprint density at radius 2 is 2.09 bits per heavy atom. The molecule has 10 nitrogen and oxygen atoms in total. The number of hydrazone groups is 1. The molecule has 2 N–H and O–H groups in total. The first-order valence-electron chi connectivity index (χ1n) is 9.69. The fourth-order valence-corrected chi connectivity index (χ4v) is 2.99. The number of aryl methyl sites for hydroxylation is 1. The van der Waals surface area contributed by atoms with E-state index in [4.69, 9.17) is 13.9 Å². The van der Waals surface area contributed by atoms with Gasteiger partial charge in [0.1, 0.15) is 23.2 Å². The van der Waals surface area contributed by atoms with Crippen LogP contribution in [-0.4, -0.2) is 41.9 Å². The second-order valence-corrected chi connectivity index (χ2v) is 6.78. The highest BCUT2D eigenvalue weighted by molar-refractivity contribution is 5.95. The van der Waals surface area contributed by atoms with Crippen molar-refractivity contribution in [3.8, 4) is 23.3 Å². The van der Waals surface area contributed by atoms with Gasteiger partial charge in [-0.25, -0.2) is 15.2 Å². The zero-order valence-corrected chi connectivity index (χ0v) is 17.9. The molecule has 2 heterocycles. The largest absolute Gasteiger partial charge is 0.478 e. The topological polar surface area (TPSA) is 147 Å². The average Bonchev–Trinajstić information content (AvgIpc) is 3.26. The maximum absolute atomic E-state index is 12.1. The normalized spacial score (nSPS) is 10.7. The molecule has 0 saturated carbocycles. The van der Waals surface area contributed by atoms with Gasteiger partial charge >= 0.3 is 5.97 Å². The molecule has 1 aromatic carbocycles. The molecule has 0 spiro atoms. The van der Waals surface area contributed by atoms with E-state index in [2.05, 4.69) is 15.5 Å². The predicted octanol–water partition coefficient (Wildman–Crippen LogP) is 2.90. The van der Waals surface area contributed by atoms with Gasteiger partial charge in [-0.1, -0.05) is 18.2 Å². The Morgan fingerprint density at radius 1 is 1.30 bits per heavy atom. The monoisotopic (exact) mass is 448 g/mol. The summed E-state index contributed by atoms with van der Waals surface area (Å²) in [5.41, 5.74) is 4.25. The number of nitrogens with one attached hydrogen (secondary N) is 1. The van der Waals surface area contributed by atoms with Crippen LogP contribution in [0.4, 0.5) is 0 Å². The lowest BCUT2D eigenvalue weighted by Crippen LogP contribution is -2.25. The van der Waals surface area contributed by atoms with Gasteiger partial charge in [0.25, 0.3) is 5.91 Å². The zero-order chi connectivity index (χ0) is 23.8. The van der Waals surface area contributed by atoms with Gasteiger partial charge in [-0.15, -0.1) is 0 Å². The van der Waals surface area contributed by atoms with Gasteiger partial charge in [-0.2, -0.15) is 10.4 Å². The number of hydrogen-bond acceptors (Lipinski definition) is 8. The van der Waals surface area contributed by atoms with Gasteiger partial charge in [0, 0.05) is 23.9 Å². The summed E-state index contributed by atoms with van der Waals surface area (Å²) >= 11 is 0. The van der Waals surface area contributed by atoms with Crippen molar-refractivity contribution in [2.24, 2.45) is 5.10 Å². The highest BCUT2D eigenvalue weighted by atomic mass is 16.5. The summed E-state index contributed by atoms with van der Waals surface area (Å²) in [5.74, 6) is -0.944. The summed E-state index contributed by atoms with van der Waals surface area (Å²) in [7, 11) is 1.51. The molecule has 0 aliphatic carbocycles. The van der Waals surface area contributed by atoms with Crippen molar-refractivity contribution in [3.63, 3.8) is 0 Å². The smallest absolute Gasteiger partial charge is 0.336 e. The van der Waals surface area contributed by atoms with Gasteiger partial charge < -0.3 is 19.0 Å². The number of aromatic nitrogens is 1. The van der Waals surface area contributed by atoms with Crippen LogP contribution in [0.3, 0.4) is 0 Å². The molecular weight excluding hydrogens is 428 g/mol. The lowest BCUT2D eigenvalue weighted by molar-refractivity contribution is -0.123. The highest BCUT2D eigenvalue weighted by Gasteiger charge is 2.15. The van der Waals surface area contributed by atoms with E-state index in [0.29, 0.717) is 28.3 Å². The number of benzene rings is 1. The van der Waals surface area contributed by atoms with Crippen LogP contribution in [-0.2, 0) is 16.1 Å². The fraction of sp³-hybridized carbons (Fsp3) is 0.174. The van der Waals surface area contributed by atoms with Gasteiger partial charge in [0.15, 0.2) is 6.61 Å². The number of methoxy groups -OCH3 is 1. The number of nitriles is 1. The van der Waals surface area contributed by atoms with Crippen molar-refractivity contribution in [3.05, 3.63) is 70.6 Å². The Bertz CT molecular complexity index is 1240. The minimum atomic E-state index is -1.07. The SMILES string of the molecule is COCc1cc(C)nc(OCC(=O)N/N=C\c2ccc(-c3ccccc3C(=O)O)o2)c1C#N. The molecule has 0 fully saturated rings. The van der Waals surface area contributed by atoms with Gasteiger partial charge in [-0.3, -0.25) is 4.79 Å². The number of ether oxygens (including phenoxy) is 2. The second-order valence-electron chi connectivity index (χ2n) is 6.78. The molecule has 0 radical (unpaired) electrons. The Balaban J connectivity index is 1.61. The Morgan fingerprint density at radius 3 is 2.82 bits per heavy atom. The first kappa shape index (κ1) is 23.2. The summed E-state index contributed by atoms with van der Waals surface area (Å²) < 4.78 is 16.1. The molecule has 33 heavy (non-hydrogen) atoms. The minimum absolute atomic E-state index is 0.0384. The minimum Gasteiger partial charge on any atom is -0.478 e. The van der Waals surface area contributed by atoms with Crippen LogP contribution in [0.5, 0.6) is 5.88 Å². The molecule has 2 aromatic heterocycles. The summed E-state index contributed by atoms with van der Waals surface area (Å²) in [5, 5.41) is 22.5. The Labute approximate surface area is 189 Å². The third-order valence-corrected chi connectivity index (χ3v) is 4.38. The van der Waals surface area contributed by atoms with E-state index < -0.39 is 18.5 Å². The van der Waals surface area contributed by atoms with Crippen LogP contribution in [0.2, 0.25) is 0 Å². The molecule has 168 valence electrons. The molecule has 0 aliphatic heterocycles. The number of carboxylic acids is 1. The van der Waals surface area contributed by atoms with Crippen molar-refractivity contribution >= 4 is 18.1 Å². The Hall–Kier alpha value is -4.49. The van der Waals surface area contributed by atoms with Gasteiger partial charge in [-0.05, 0) is 31.2 Å². The number of aromatic carboxylic acids is 1. The van der Waals surface area contributed by atoms with Crippen LogP contribution in [0, 0.1) is 18.3 Å². The second kappa shape index (κ2) is 10.7. The van der Waals surface area contributed by atoms with Gasteiger partial charge in [0.05, 0.1) is 18.4 Å². The molecule has 3 aromatic rings. The van der Waals surface area contributed by atoms with Crippen LogP contribution < -0.4 is 10.2 Å². The quantitative estimate of drug-likeness (QED) is 0.375. The molecule has 1 amide bonds. The number of carboxylic acid groups (broad SMARTS) is 1. The van der Waals surface area contributed by atoms with Gasteiger partial charge in [0.2, 0.25) is 5.88 Å². The lowest BCUT2D eigenvalue weighted by Gasteiger charge is -2.10. The van der Waals surface area contributed by atoms with E-state index in [0.717, 1.165) is 0 Å². The van der Waals surface area contributed by atoms with Crippen LogP contribution in [0.15, 0.2) is 52.0 Å². The molecule has 0 aliphatic rings. The summed E-state index contributed by atoms with van der Waals surface area (Å²) in [6.45, 7) is 1.54. The average molecular weight is 448 g/mol. The van der Waals surface area contributed by atoms with Crippen molar-refractivity contribution in [1.29, 1.82) is 5.26 Å². The summed E-state index contributed by atoms with van der Waals surface area (Å²) in [4.78, 5) is 27.6. The number of pyridine rings is 1. The van der Waals surface area contributed by atoms with Crippen LogP contribution >= 0.6 is 0 Å². The maximum Gasteiger partial charge on any atom is 0.336 e. The standard InChI is InChI=1S/C23H20N4O6/c1-14-9-15(12-31-2)19(10-24)22(26-14)32-13-21(28)27-25-11-16-7-8-20(33-16)17-5-3-4-6-18(17)23(29)30/h3-9,11H,12-13H2,1-2H3,(H,27,28)(H,29,30)/b25-11-. The van der Waals surface area contributed by atoms with E-state index in [9.17, 15) is 20.0 Å². The Kier molecular flexibility index (Phi) is 7.51. The third kappa shape index (κ3) is 5.81.